The normalized spacial score (nSPS) is 12.3. The number of nitrogens with one attached hydrogen (secondary N) is 1. The maximum atomic E-state index is 12.6. The molecule has 0 unspecified atom stereocenters. The Balaban J connectivity index is 1.75. The summed E-state index contributed by atoms with van der Waals surface area (Å²) in [4.78, 5) is 12.6. The zero-order valence-electron chi connectivity index (χ0n) is 18.0. The highest BCUT2D eigenvalue weighted by Crippen LogP contribution is 2.34. The van der Waals surface area contributed by atoms with Gasteiger partial charge >= 0.3 is 0 Å². The number of nitrogens with zero attached hydrogens (tertiary/aromatic N) is 1. The molecule has 0 radical (unpaired) electrons. The maximum Gasteiger partial charge on any atom is 0.251 e. The Hall–Kier alpha value is -2.54. The van der Waals surface area contributed by atoms with E-state index in [0.29, 0.717) is 16.8 Å². The first kappa shape index (κ1) is 24.1. The third kappa shape index (κ3) is 5.82. The molecule has 0 aromatic heterocycles. The van der Waals surface area contributed by atoms with Crippen LogP contribution in [0.1, 0.15) is 40.0 Å². The molecule has 5 nitrogen and oxygen atoms in total. The fourth-order valence-electron chi connectivity index (χ4n) is 3.21. The van der Waals surface area contributed by atoms with Crippen LogP contribution in [0.2, 0.25) is 10.0 Å². The van der Waals surface area contributed by atoms with Crippen LogP contribution < -0.4 is 9.62 Å². The van der Waals surface area contributed by atoms with Gasteiger partial charge in [0.1, 0.15) is 0 Å². The van der Waals surface area contributed by atoms with E-state index >= 15 is 0 Å². The minimum Gasteiger partial charge on any atom is -0.346 e. The summed E-state index contributed by atoms with van der Waals surface area (Å²) in [6, 6.07) is 19.5. The van der Waals surface area contributed by atoms with Crippen molar-refractivity contribution in [3.63, 3.8) is 0 Å². The topological polar surface area (TPSA) is 66.5 Å². The molecule has 3 aromatic rings. The van der Waals surface area contributed by atoms with Gasteiger partial charge in [0.25, 0.3) is 5.91 Å². The Morgan fingerprint density at radius 2 is 1.62 bits per heavy atom. The monoisotopic (exact) mass is 490 g/mol. The van der Waals surface area contributed by atoms with Crippen LogP contribution in [0.25, 0.3) is 0 Å². The molecule has 0 aliphatic rings. The number of hydrogen-bond donors (Lipinski definition) is 1. The molecule has 0 spiro atoms. The van der Waals surface area contributed by atoms with Crippen molar-refractivity contribution < 1.29 is 13.2 Å². The SMILES string of the molecule is Cc1ccc([C@@H](C)NC(=O)c2ccc(CN(c3cccc(Cl)c3Cl)S(C)(=O)=O)cc2)cc1. The van der Waals surface area contributed by atoms with E-state index in [0.717, 1.165) is 17.4 Å². The zero-order chi connectivity index (χ0) is 23.5. The van der Waals surface area contributed by atoms with Crippen LogP contribution in [0.15, 0.2) is 66.7 Å². The highest BCUT2D eigenvalue weighted by atomic mass is 35.5. The number of benzene rings is 3. The average molecular weight is 491 g/mol. The highest BCUT2D eigenvalue weighted by Gasteiger charge is 2.22. The largest absolute Gasteiger partial charge is 0.346 e. The number of amides is 1. The molecule has 8 heteroatoms. The Morgan fingerprint density at radius 3 is 2.22 bits per heavy atom. The third-order valence-corrected chi connectivity index (χ3v) is 7.00. The zero-order valence-corrected chi connectivity index (χ0v) is 20.3. The Bertz CT molecular complexity index is 1210. The second-order valence-electron chi connectivity index (χ2n) is 7.65. The number of carbonyl (C=O) groups excluding carboxylic acids is 1. The molecular formula is C24H24Cl2N2O3S. The predicted molar refractivity (Wildman–Crippen MR) is 131 cm³/mol. The van der Waals surface area contributed by atoms with Gasteiger partial charge in [-0.3, -0.25) is 9.10 Å². The first-order valence-corrected chi connectivity index (χ1v) is 12.5. The molecule has 1 atom stereocenters. The summed E-state index contributed by atoms with van der Waals surface area (Å²) in [5.41, 5.74) is 3.66. The first-order valence-electron chi connectivity index (χ1n) is 9.94. The molecule has 3 aromatic carbocycles. The molecule has 0 fully saturated rings. The molecule has 1 N–H and O–H groups in total. The van der Waals surface area contributed by atoms with Gasteiger partial charge in [0.2, 0.25) is 10.0 Å². The highest BCUT2D eigenvalue weighted by molar-refractivity contribution is 7.92. The lowest BCUT2D eigenvalue weighted by atomic mass is 10.1. The molecule has 0 heterocycles. The number of sulfonamides is 1. The van der Waals surface area contributed by atoms with Crippen LogP contribution >= 0.6 is 23.2 Å². The van der Waals surface area contributed by atoms with Crippen molar-refractivity contribution in [2.45, 2.75) is 26.4 Å². The smallest absolute Gasteiger partial charge is 0.251 e. The standard InChI is InChI=1S/C24H24Cl2N2O3S/c1-16-7-11-19(12-8-16)17(2)27-24(29)20-13-9-18(10-14-20)15-28(32(3,30)31)22-6-4-5-21(25)23(22)26/h4-14,17H,15H2,1-3H3,(H,27,29)/t17-/m1/s1. The number of hydrogen-bond acceptors (Lipinski definition) is 3. The Morgan fingerprint density at radius 1 is 1.00 bits per heavy atom. The molecule has 0 aliphatic carbocycles. The molecule has 0 bridgehead atoms. The summed E-state index contributed by atoms with van der Waals surface area (Å²) < 4.78 is 26.0. The van der Waals surface area contributed by atoms with Gasteiger partial charge in [-0.25, -0.2) is 8.42 Å². The number of halogens is 2. The van der Waals surface area contributed by atoms with E-state index in [1.807, 2.05) is 38.1 Å². The van der Waals surface area contributed by atoms with Gasteiger partial charge in [0.15, 0.2) is 0 Å². The van der Waals surface area contributed by atoms with Gasteiger partial charge in [-0.1, -0.05) is 71.2 Å². The van der Waals surface area contributed by atoms with Crippen LogP contribution in [0.4, 0.5) is 5.69 Å². The summed E-state index contributed by atoms with van der Waals surface area (Å²) in [6.07, 6.45) is 1.11. The summed E-state index contributed by atoms with van der Waals surface area (Å²) in [5, 5.41) is 3.42. The number of rotatable bonds is 7. The van der Waals surface area contributed by atoms with Gasteiger partial charge in [0.05, 0.1) is 34.6 Å². The van der Waals surface area contributed by atoms with E-state index < -0.39 is 10.0 Å². The van der Waals surface area contributed by atoms with Gasteiger partial charge < -0.3 is 5.32 Å². The minimum absolute atomic E-state index is 0.0561. The van der Waals surface area contributed by atoms with E-state index in [-0.39, 0.29) is 28.5 Å². The molecule has 0 aliphatic heterocycles. The van der Waals surface area contributed by atoms with Crippen molar-refractivity contribution in [2.24, 2.45) is 0 Å². The number of aryl methyl sites for hydroxylation is 1. The Labute approximate surface area is 199 Å². The fraction of sp³-hybridized carbons (Fsp3) is 0.208. The lowest BCUT2D eigenvalue weighted by molar-refractivity contribution is 0.0940. The first-order chi connectivity index (χ1) is 15.1. The van der Waals surface area contributed by atoms with Gasteiger partial charge in [-0.05, 0) is 49.2 Å². The van der Waals surface area contributed by atoms with Crippen LogP contribution in [-0.2, 0) is 16.6 Å². The molecule has 1 amide bonds. The van der Waals surface area contributed by atoms with Crippen molar-refractivity contribution in [3.8, 4) is 0 Å². The summed E-state index contributed by atoms with van der Waals surface area (Å²) >= 11 is 12.3. The molecular weight excluding hydrogens is 467 g/mol. The fourth-order valence-corrected chi connectivity index (χ4v) is 4.55. The molecule has 3 rings (SSSR count). The van der Waals surface area contributed by atoms with Crippen molar-refractivity contribution in [1.29, 1.82) is 0 Å². The minimum atomic E-state index is -3.62. The van der Waals surface area contributed by atoms with Crippen molar-refractivity contribution >= 4 is 44.8 Å². The Kier molecular flexibility index (Phi) is 7.49. The summed E-state index contributed by atoms with van der Waals surface area (Å²) in [6.45, 7) is 4.00. The predicted octanol–water partition coefficient (Wildman–Crippen LogP) is 5.76. The maximum absolute atomic E-state index is 12.6. The van der Waals surface area contributed by atoms with E-state index in [9.17, 15) is 13.2 Å². The van der Waals surface area contributed by atoms with Gasteiger partial charge in [-0.15, -0.1) is 0 Å². The van der Waals surface area contributed by atoms with Crippen molar-refractivity contribution in [2.75, 3.05) is 10.6 Å². The van der Waals surface area contributed by atoms with E-state index in [1.165, 1.54) is 4.31 Å². The summed E-state index contributed by atoms with van der Waals surface area (Å²) in [7, 11) is -3.62. The molecule has 0 saturated heterocycles. The average Bonchev–Trinajstić information content (AvgIpc) is 2.74. The molecule has 0 saturated carbocycles. The third-order valence-electron chi connectivity index (χ3n) is 5.07. The van der Waals surface area contributed by atoms with Crippen molar-refractivity contribution in [1.82, 2.24) is 5.32 Å². The molecule has 32 heavy (non-hydrogen) atoms. The second-order valence-corrected chi connectivity index (χ2v) is 10.3. The van der Waals surface area contributed by atoms with E-state index in [2.05, 4.69) is 5.32 Å². The number of anilines is 1. The van der Waals surface area contributed by atoms with Gasteiger partial charge in [-0.2, -0.15) is 0 Å². The summed E-state index contributed by atoms with van der Waals surface area (Å²) in [5.74, 6) is -0.206. The lowest BCUT2D eigenvalue weighted by Crippen LogP contribution is -2.29. The number of carbonyl (C=O) groups is 1. The van der Waals surface area contributed by atoms with Crippen LogP contribution in [0.5, 0.6) is 0 Å². The van der Waals surface area contributed by atoms with E-state index in [1.54, 1.807) is 42.5 Å². The van der Waals surface area contributed by atoms with Crippen molar-refractivity contribution in [3.05, 3.63) is 99.0 Å². The van der Waals surface area contributed by atoms with Crippen LogP contribution in [0.3, 0.4) is 0 Å². The second kappa shape index (κ2) is 9.94. The van der Waals surface area contributed by atoms with E-state index in [4.69, 9.17) is 23.2 Å². The van der Waals surface area contributed by atoms with Crippen LogP contribution in [0, 0.1) is 6.92 Å². The molecule has 168 valence electrons. The quantitative estimate of drug-likeness (QED) is 0.457. The van der Waals surface area contributed by atoms with Gasteiger partial charge in [0, 0.05) is 5.56 Å². The lowest BCUT2D eigenvalue weighted by Gasteiger charge is -2.24. The van der Waals surface area contributed by atoms with Crippen LogP contribution in [-0.4, -0.2) is 20.6 Å².